The van der Waals surface area contributed by atoms with Gasteiger partial charge in [0.2, 0.25) is 11.9 Å². The molecule has 7 nitrogen and oxygen atoms in total. The van der Waals surface area contributed by atoms with E-state index in [0.29, 0.717) is 17.7 Å². The van der Waals surface area contributed by atoms with Crippen molar-refractivity contribution in [3.8, 4) is 23.7 Å². The van der Waals surface area contributed by atoms with E-state index in [9.17, 15) is 13.2 Å². The molecule has 0 radical (unpaired) electrons. The second-order valence-corrected chi connectivity index (χ2v) is 5.06. The maximum absolute atomic E-state index is 12.2. The van der Waals surface area contributed by atoms with Crippen LogP contribution in [-0.4, -0.2) is 31.0 Å². The van der Waals surface area contributed by atoms with E-state index in [4.69, 9.17) is 11.5 Å². The number of ether oxygens (including phenoxy) is 1. The Labute approximate surface area is 153 Å². The summed E-state index contributed by atoms with van der Waals surface area (Å²) in [6.07, 6.45) is 1.67. The summed E-state index contributed by atoms with van der Waals surface area (Å²) < 4.78 is 40.4. The summed E-state index contributed by atoms with van der Waals surface area (Å²) in [6.45, 7) is 0.0971. The van der Waals surface area contributed by atoms with Crippen molar-refractivity contribution >= 4 is 18.1 Å². The number of alkyl halides is 3. The van der Waals surface area contributed by atoms with Crippen molar-refractivity contribution in [2.24, 2.45) is 26.4 Å². The third-order valence-corrected chi connectivity index (χ3v) is 2.89. The molecule has 1 aliphatic carbocycles. The zero-order chi connectivity index (χ0) is 19.7. The fourth-order valence-electron chi connectivity index (χ4n) is 1.81. The summed E-state index contributed by atoms with van der Waals surface area (Å²) in [4.78, 5) is 11.9. The van der Waals surface area contributed by atoms with Gasteiger partial charge in [-0.2, -0.15) is 4.99 Å². The fourth-order valence-corrected chi connectivity index (χ4v) is 1.81. The van der Waals surface area contributed by atoms with E-state index in [2.05, 4.69) is 48.7 Å². The summed E-state index contributed by atoms with van der Waals surface area (Å²) in [5.74, 6) is 9.88. The summed E-state index contributed by atoms with van der Waals surface area (Å²) in [5, 5.41) is 2.74. The number of allylic oxidation sites excluding steroid dienone is 4. The second-order valence-electron chi connectivity index (χ2n) is 5.06. The SMILES string of the molecule is NC(=NCC1=CC=C(OC(F)(F)F)C#CC1)N=C(N)NC1=CN=CCC#C1. The van der Waals surface area contributed by atoms with Crippen molar-refractivity contribution in [1.82, 2.24) is 5.32 Å². The minimum atomic E-state index is -4.79. The average molecular weight is 376 g/mol. The van der Waals surface area contributed by atoms with Crippen LogP contribution in [0, 0.1) is 23.7 Å². The number of halogens is 3. The highest BCUT2D eigenvalue weighted by atomic mass is 19.4. The lowest BCUT2D eigenvalue weighted by Gasteiger charge is -2.06. The van der Waals surface area contributed by atoms with Gasteiger partial charge in [-0.25, -0.2) is 4.99 Å². The molecule has 0 bridgehead atoms. The van der Waals surface area contributed by atoms with Crippen LogP contribution in [-0.2, 0) is 4.74 Å². The van der Waals surface area contributed by atoms with Crippen LogP contribution in [0.2, 0.25) is 0 Å². The number of nitrogens with zero attached hydrogens (tertiary/aromatic N) is 3. The van der Waals surface area contributed by atoms with Crippen molar-refractivity contribution < 1.29 is 17.9 Å². The zero-order valence-corrected chi connectivity index (χ0v) is 14.0. The average Bonchev–Trinajstić information content (AvgIpc) is 2.94. The molecule has 0 saturated heterocycles. The first-order chi connectivity index (χ1) is 12.8. The van der Waals surface area contributed by atoms with Crippen LogP contribution in [0.15, 0.2) is 50.4 Å². The van der Waals surface area contributed by atoms with Crippen molar-refractivity contribution in [2.75, 3.05) is 6.54 Å². The first kappa shape index (κ1) is 19.7. The lowest BCUT2D eigenvalue weighted by molar-refractivity contribution is -0.302. The number of rotatable bonds is 4. The third-order valence-electron chi connectivity index (χ3n) is 2.89. The van der Waals surface area contributed by atoms with Crippen LogP contribution in [0.5, 0.6) is 0 Å². The largest absolute Gasteiger partial charge is 0.573 e. The summed E-state index contributed by atoms with van der Waals surface area (Å²) >= 11 is 0. The molecule has 0 aromatic rings. The zero-order valence-electron chi connectivity index (χ0n) is 14.0. The van der Waals surface area contributed by atoms with E-state index < -0.39 is 12.1 Å². The van der Waals surface area contributed by atoms with Crippen molar-refractivity contribution in [1.29, 1.82) is 0 Å². The number of nitrogens with two attached hydrogens (primary N) is 2. The number of aliphatic imine (C=N–C) groups is 3. The highest BCUT2D eigenvalue weighted by Crippen LogP contribution is 2.21. The van der Waals surface area contributed by atoms with Gasteiger partial charge < -0.3 is 21.5 Å². The predicted octanol–water partition coefficient (Wildman–Crippen LogP) is 1.28. The van der Waals surface area contributed by atoms with Crippen molar-refractivity contribution in [3.05, 3.63) is 35.4 Å². The molecule has 1 heterocycles. The Bertz CT molecular complexity index is 886. The van der Waals surface area contributed by atoms with Gasteiger partial charge in [0.05, 0.1) is 12.7 Å². The molecule has 27 heavy (non-hydrogen) atoms. The van der Waals surface area contributed by atoms with Crippen molar-refractivity contribution in [2.45, 2.75) is 19.2 Å². The Hall–Kier alpha value is -3.66. The monoisotopic (exact) mass is 376 g/mol. The summed E-state index contributed by atoms with van der Waals surface area (Å²) in [5.41, 5.74) is 12.5. The molecule has 2 rings (SSSR count). The number of guanidine groups is 2. The Morgan fingerprint density at radius 1 is 1.26 bits per heavy atom. The van der Waals surface area contributed by atoms with E-state index in [1.165, 1.54) is 12.3 Å². The van der Waals surface area contributed by atoms with Crippen LogP contribution >= 0.6 is 0 Å². The van der Waals surface area contributed by atoms with Crippen LogP contribution in [0.3, 0.4) is 0 Å². The highest BCUT2D eigenvalue weighted by molar-refractivity contribution is 5.94. The Morgan fingerprint density at radius 3 is 2.85 bits per heavy atom. The molecule has 0 aromatic carbocycles. The number of hydrogen-bond donors (Lipinski definition) is 3. The van der Waals surface area contributed by atoms with Crippen LogP contribution in [0.1, 0.15) is 12.8 Å². The van der Waals surface area contributed by atoms with Gasteiger partial charge in [0.25, 0.3) is 0 Å². The van der Waals surface area contributed by atoms with E-state index in [-0.39, 0.29) is 24.9 Å². The molecule has 0 saturated carbocycles. The quantitative estimate of drug-likeness (QED) is 0.390. The molecule has 5 N–H and O–H groups in total. The molecule has 0 amide bonds. The van der Waals surface area contributed by atoms with Gasteiger partial charge in [0.1, 0.15) is 5.70 Å². The number of nitrogens with one attached hydrogen (secondary N) is 1. The summed E-state index contributed by atoms with van der Waals surface area (Å²) in [7, 11) is 0. The molecule has 0 aromatic heterocycles. The van der Waals surface area contributed by atoms with Gasteiger partial charge in [-0.05, 0) is 23.5 Å². The fraction of sp³-hybridized carbons (Fsp3) is 0.235. The van der Waals surface area contributed by atoms with E-state index in [0.717, 1.165) is 6.08 Å². The maximum atomic E-state index is 12.2. The van der Waals surface area contributed by atoms with Gasteiger partial charge in [0.15, 0.2) is 5.76 Å². The van der Waals surface area contributed by atoms with Gasteiger partial charge in [-0.3, -0.25) is 4.99 Å². The van der Waals surface area contributed by atoms with Gasteiger partial charge in [0, 0.05) is 19.1 Å². The first-order valence-electron chi connectivity index (χ1n) is 7.58. The lowest BCUT2D eigenvalue weighted by Crippen LogP contribution is -2.32. The molecular formula is C17H15F3N6O. The topological polar surface area (TPSA) is 110 Å². The van der Waals surface area contributed by atoms with Crippen molar-refractivity contribution in [3.63, 3.8) is 0 Å². The van der Waals surface area contributed by atoms with E-state index >= 15 is 0 Å². The molecule has 140 valence electrons. The molecule has 0 unspecified atom stereocenters. The molecule has 0 fully saturated rings. The lowest BCUT2D eigenvalue weighted by atomic mass is 10.2. The molecule has 0 spiro atoms. The standard InChI is InChI=1S/C17H15F3N6O/c18-17(19,20)27-14-6-3-4-12(7-8-14)10-24-15(21)26-16(22)25-13-5-1-2-9-23-11-13/h7-9,11H,2,4,10H2,(H5,21,22,24,25,26). The first-order valence-corrected chi connectivity index (χ1v) is 7.58. The second kappa shape index (κ2) is 9.15. The highest BCUT2D eigenvalue weighted by Gasteiger charge is 2.31. The Morgan fingerprint density at radius 2 is 2.07 bits per heavy atom. The Kier molecular flexibility index (Phi) is 6.67. The maximum Gasteiger partial charge on any atom is 0.573 e. The molecular weight excluding hydrogens is 361 g/mol. The Balaban J connectivity index is 1.96. The van der Waals surface area contributed by atoms with E-state index in [1.807, 2.05) is 0 Å². The van der Waals surface area contributed by atoms with Crippen LogP contribution in [0.25, 0.3) is 0 Å². The minimum absolute atomic E-state index is 0.0238. The molecule has 1 aliphatic heterocycles. The van der Waals surface area contributed by atoms with Crippen LogP contribution < -0.4 is 16.8 Å². The normalized spacial score (nSPS) is 17.1. The molecule has 2 aliphatic rings. The van der Waals surface area contributed by atoms with Gasteiger partial charge in [-0.15, -0.1) is 13.2 Å². The number of hydrogen-bond acceptors (Lipinski definition) is 3. The summed E-state index contributed by atoms with van der Waals surface area (Å²) in [6, 6.07) is 0. The molecule has 0 atom stereocenters. The smallest absolute Gasteiger partial charge is 0.397 e. The third kappa shape index (κ3) is 7.84. The predicted molar refractivity (Wildman–Crippen MR) is 95.9 cm³/mol. The van der Waals surface area contributed by atoms with Gasteiger partial charge in [-0.1, -0.05) is 17.9 Å². The van der Waals surface area contributed by atoms with Gasteiger partial charge >= 0.3 is 6.36 Å². The molecule has 10 heteroatoms. The van der Waals surface area contributed by atoms with E-state index in [1.54, 1.807) is 6.21 Å². The minimum Gasteiger partial charge on any atom is -0.397 e. The van der Waals surface area contributed by atoms with Crippen LogP contribution in [0.4, 0.5) is 13.2 Å².